The molecule has 1 aromatic rings. The Morgan fingerprint density at radius 2 is 2.10 bits per heavy atom. The fourth-order valence-corrected chi connectivity index (χ4v) is 1.65. The van der Waals surface area contributed by atoms with E-state index >= 15 is 0 Å². The smallest absolute Gasteiger partial charge is 0.170 e. The molecule has 0 N–H and O–H groups in total. The standard InChI is InChI=1S/C8H9OS/c1-5-4-10-8(6(5)2)7(3)9/h1-3H3. The van der Waals surface area contributed by atoms with Crippen LogP contribution >= 0.6 is 11.3 Å². The summed E-state index contributed by atoms with van der Waals surface area (Å²) in [5.74, 6) is 0.145. The van der Waals surface area contributed by atoms with Crippen LogP contribution < -0.4 is 0 Å². The van der Waals surface area contributed by atoms with Crippen LogP contribution in [-0.4, -0.2) is 5.78 Å². The van der Waals surface area contributed by atoms with E-state index in [1.807, 2.05) is 13.8 Å². The molecular weight excluding hydrogens is 144 g/mol. The second-order valence-corrected chi connectivity index (χ2v) is 3.16. The zero-order chi connectivity index (χ0) is 7.72. The van der Waals surface area contributed by atoms with Crippen LogP contribution in [0.25, 0.3) is 0 Å². The summed E-state index contributed by atoms with van der Waals surface area (Å²) >= 11 is 1.41. The van der Waals surface area contributed by atoms with Crippen LogP contribution in [0.3, 0.4) is 0 Å². The molecule has 1 radical (unpaired) electrons. The van der Waals surface area contributed by atoms with Gasteiger partial charge in [0, 0.05) is 5.38 Å². The van der Waals surface area contributed by atoms with Gasteiger partial charge in [-0.3, -0.25) is 4.79 Å². The van der Waals surface area contributed by atoms with Crippen LogP contribution in [-0.2, 0) is 0 Å². The van der Waals surface area contributed by atoms with Crippen molar-refractivity contribution >= 4 is 17.1 Å². The van der Waals surface area contributed by atoms with E-state index < -0.39 is 0 Å². The van der Waals surface area contributed by atoms with Gasteiger partial charge in [-0.1, -0.05) is 0 Å². The molecule has 0 aliphatic heterocycles. The fourth-order valence-electron chi connectivity index (χ4n) is 0.787. The number of hydrogen-bond donors (Lipinski definition) is 0. The molecule has 0 aliphatic carbocycles. The molecule has 0 spiro atoms. The Balaban J connectivity index is 3.17. The van der Waals surface area contributed by atoms with Crippen LogP contribution in [0.2, 0.25) is 0 Å². The Hall–Kier alpha value is -0.630. The number of thiophene rings is 1. The number of hydrogen-bond acceptors (Lipinski definition) is 2. The molecule has 0 saturated heterocycles. The van der Waals surface area contributed by atoms with Gasteiger partial charge in [-0.2, -0.15) is 0 Å². The maximum atomic E-state index is 10.9. The Morgan fingerprint density at radius 1 is 1.50 bits per heavy atom. The first-order valence-corrected chi connectivity index (χ1v) is 3.93. The van der Waals surface area contributed by atoms with Crippen molar-refractivity contribution < 1.29 is 4.79 Å². The van der Waals surface area contributed by atoms with Crippen molar-refractivity contribution in [2.75, 3.05) is 0 Å². The highest BCUT2D eigenvalue weighted by Crippen LogP contribution is 2.19. The number of rotatable bonds is 1. The summed E-state index contributed by atoms with van der Waals surface area (Å²) in [6.07, 6.45) is 0. The molecule has 53 valence electrons. The molecule has 0 saturated carbocycles. The SMILES string of the molecule is CC(=O)c1s[c]c(C)c1C. The van der Waals surface area contributed by atoms with E-state index in [0.29, 0.717) is 0 Å². The van der Waals surface area contributed by atoms with Crippen LogP contribution in [0.15, 0.2) is 0 Å². The van der Waals surface area contributed by atoms with Crippen molar-refractivity contribution in [2.45, 2.75) is 20.8 Å². The molecule has 0 amide bonds. The highest BCUT2D eigenvalue weighted by Gasteiger charge is 2.07. The molecule has 0 unspecified atom stereocenters. The minimum atomic E-state index is 0.145. The monoisotopic (exact) mass is 153 g/mol. The van der Waals surface area contributed by atoms with Gasteiger partial charge in [0.15, 0.2) is 5.78 Å². The number of carbonyl (C=O) groups excluding carboxylic acids is 1. The summed E-state index contributed by atoms with van der Waals surface area (Å²) in [6, 6.07) is 0. The lowest BCUT2D eigenvalue weighted by Gasteiger charge is -1.91. The van der Waals surface area contributed by atoms with Gasteiger partial charge in [0.2, 0.25) is 0 Å². The van der Waals surface area contributed by atoms with E-state index in [0.717, 1.165) is 16.0 Å². The van der Waals surface area contributed by atoms with Gasteiger partial charge in [0.1, 0.15) is 0 Å². The predicted molar refractivity (Wildman–Crippen MR) is 42.6 cm³/mol. The molecule has 1 aromatic heterocycles. The fraction of sp³-hybridized carbons (Fsp3) is 0.375. The van der Waals surface area contributed by atoms with Crippen LogP contribution in [0.1, 0.15) is 27.7 Å². The molecule has 0 aromatic carbocycles. The third-order valence-corrected chi connectivity index (χ3v) is 2.74. The van der Waals surface area contributed by atoms with Crippen molar-refractivity contribution in [3.8, 4) is 0 Å². The first kappa shape index (κ1) is 7.48. The lowest BCUT2D eigenvalue weighted by atomic mass is 10.1. The summed E-state index contributed by atoms with van der Waals surface area (Å²) in [4.78, 5) is 11.7. The minimum Gasteiger partial charge on any atom is -0.294 e. The molecule has 1 rings (SSSR count). The van der Waals surface area contributed by atoms with Gasteiger partial charge in [-0.25, -0.2) is 0 Å². The Kier molecular flexibility index (Phi) is 1.90. The third kappa shape index (κ3) is 1.12. The lowest BCUT2D eigenvalue weighted by molar-refractivity contribution is 0.102. The van der Waals surface area contributed by atoms with Gasteiger partial charge in [0.25, 0.3) is 0 Å². The Morgan fingerprint density at radius 3 is 2.30 bits per heavy atom. The van der Waals surface area contributed by atoms with Crippen LogP contribution in [0.4, 0.5) is 0 Å². The average Bonchev–Trinajstić information content (AvgIpc) is 2.14. The second-order valence-electron chi connectivity index (χ2n) is 2.34. The van der Waals surface area contributed by atoms with Crippen molar-refractivity contribution in [3.63, 3.8) is 0 Å². The number of carbonyl (C=O) groups is 1. The zero-order valence-corrected chi connectivity index (χ0v) is 7.13. The molecule has 2 heteroatoms. The Bertz CT molecular complexity index is 260. The quantitative estimate of drug-likeness (QED) is 0.566. The maximum absolute atomic E-state index is 10.9. The molecule has 0 bridgehead atoms. The van der Waals surface area contributed by atoms with E-state index in [4.69, 9.17) is 0 Å². The number of Topliss-reactive ketones (excluding diaryl/α,β-unsaturated/α-hetero) is 1. The average molecular weight is 153 g/mol. The molecule has 1 nitrogen and oxygen atoms in total. The van der Waals surface area contributed by atoms with E-state index in [9.17, 15) is 4.79 Å². The zero-order valence-electron chi connectivity index (χ0n) is 6.32. The molecule has 0 fully saturated rings. The Labute approximate surface area is 64.7 Å². The van der Waals surface area contributed by atoms with Gasteiger partial charge in [0.05, 0.1) is 4.88 Å². The van der Waals surface area contributed by atoms with Crippen molar-refractivity contribution in [1.82, 2.24) is 0 Å². The van der Waals surface area contributed by atoms with E-state index in [1.54, 1.807) is 6.92 Å². The van der Waals surface area contributed by atoms with E-state index in [2.05, 4.69) is 5.38 Å². The summed E-state index contributed by atoms with van der Waals surface area (Å²) in [7, 11) is 0. The molecule has 0 atom stereocenters. The topological polar surface area (TPSA) is 17.1 Å². The normalized spacial score (nSPS) is 9.90. The lowest BCUT2D eigenvalue weighted by Crippen LogP contribution is -1.89. The van der Waals surface area contributed by atoms with Crippen LogP contribution in [0.5, 0.6) is 0 Å². The molecule has 1 heterocycles. The minimum absolute atomic E-state index is 0.145. The summed E-state index contributed by atoms with van der Waals surface area (Å²) in [5, 5.41) is 3.04. The van der Waals surface area contributed by atoms with Crippen molar-refractivity contribution in [2.24, 2.45) is 0 Å². The molecule has 10 heavy (non-hydrogen) atoms. The van der Waals surface area contributed by atoms with Crippen molar-refractivity contribution in [3.05, 3.63) is 21.4 Å². The largest absolute Gasteiger partial charge is 0.294 e. The van der Waals surface area contributed by atoms with E-state index in [-0.39, 0.29) is 5.78 Å². The molecular formula is C8H9OS. The molecule has 0 aliphatic rings. The third-order valence-electron chi connectivity index (χ3n) is 1.53. The van der Waals surface area contributed by atoms with Gasteiger partial charge in [-0.15, -0.1) is 11.3 Å². The van der Waals surface area contributed by atoms with Gasteiger partial charge < -0.3 is 0 Å². The van der Waals surface area contributed by atoms with E-state index in [1.165, 1.54) is 11.3 Å². The number of ketones is 1. The first-order valence-electron chi connectivity index (χ1n) is 3.11. The second kappa shape index (κ2) is 2.54. The number of aryl methyl sites for hydroxylation is 1. The highest BCUT2D eigenvalue weighted by molar-refractivity contribution is 7.11. The summed E-state index contributed by atoms with van der Waals surface area (Å²) in [5.41, 5.74) is 2.17. The predicted octanol–water partition coefficient (Wildman–Crippen LogP) is 2.37. The van der Waals surface area contributed by atoms with Crippen molar-refractivity contribution in [1.29, 1.82) is 0 Å². The van der Waals surface area contributed by atoms with Gasteiger partial charge >= 0.3 is 0 Å². The summed E-state index contributed by atoms with van der Waals surface area (Å²) in [6.45, 7) is 5.52. The maximum Gasteiger partial charge on any atom is 0.170 e. The van der Waals surface area contributed by atoms with Crippen LogP contribution in [0, 0.1) is 19.2 Å². The van der Waals surface area contributed by atoms with Gasteiger partial charge in [-0.05, 0) is 31.9 Å². The summed E-state index contributed by atoms with van der Waals surface area (Å²) < 4.78 is 0. The highest BCUT2D eigenvalue weighted by atomic mass is 32.1. The first-order chi connectivity index (χ1) is 4.63.